The van der Waals surface area contributed by atoms with Gasteiger partial charge in [-0.1, -0.05) is 20.8 Å². The Labute approximate surface area is 156 Å². The molecule has 0 aromatic heterocycles. The molecule has 0 radical (unpaired) electrons. The first-order valence-electron chi connectivity index (χ1n) is 7.14. The molecule has 0 spiro atoms. The Bertz CT molecular complexity index is 391. The van der Waals surface area contributed by atoms with Gasteiger partial charge in [-0.2, -0.15) is 0 Å². The van der Waals surface area contributed by atoms with Crippen LogP contribution in [-0.2, 0) is 28.8 Å². The summed E-state index contributed by atoms with van der Waals surface area (Å²) in [6.07, 6.45) is -0.528. The normalized spacial score (nSPS) is 8.28. The van der Waals surface area contributed by atoms with E-state index in [9.17, 15) is 44.1 Å². The van der Waals surface area contributed by atoms with Crippen molar-refractivity contribution in [2.24, 2.45) is 0 Å². The van der Waals surface area contributed by atoms with Gasteiger partial charge in [0.1, 0.15) is 17.3 Å². The number of aliphatic carboxylic acids is 3. The fourth-order valence-corrected chi connectivity index (χ4v) is 0.858. The van der Waals surface area contributed by atoms with Crippen LogP contribution in [0.3, 0.4) is 0 Å². The number of carbonyl (C=O) groups is 6. The molecule has 0 aliphatic heterocycles. The van der Waals surface area contributed by atoms with E-state index in [0.29, 0.717) is 0 Å². The predicted molar refractivity (Wildman–Crippen MR) is 80.5 cm³/mol. The molecule has 0 aliphatic rings. The Kier molecular flexibility index (Phi) is 24.6. The largest absolute Gasteiger partial charge is 3.00 e. The van der Waals surface area contributed by atoms with Gasteiger partial charge in [-0.25, -0.2) is 0 Å². The molecule has 0 amide bonds. The monoisotopic (exact) mass is 372 g/mol. The molecule has 0 rings (SSSR count). The van der Waals surface area contributed by atoms with E-state index in [1.807, 2.05) is 0 Å². The van der Waals surface area contributed by atoms with E-state index < -0.39 is 37.2 Å². The summed E-state index contributed by atoms with van der Waals surface area (Å²) in [7, 11) is 0. The molecular formula is C15H21AlO9. The molecule has 0 atom stereocenters. The fourth-order valence-electron chi connectivity index (χ4n) is 0.858. The van der Waals surface area contributed by atoms with Gasteiger partial charge in [0.25, 0.3) is 0 Å². The van der Waals surface area contributed by atoms with E-state index in [2.05, 4.69) is 0 Å². The van der Waals surface area contributed by atoms with Gasteiger partial charge in [0.15, 0.2) is 0 Å². The molecule has 0 bridgehead atoms. The maximum absolute atomic E-state index is 10.2. The zero-order valence-corrected chi connectivity index (χ0v) is 15.6. The molecular weight excluding hydrogens is 351 g/mol. The van der Waals surface area contributed by atoms with Crippen molar-refractivity contribution in [1.82, 2.24) is 0 Å². The first kappa shape index (κ1) is 30.8. The van der Waals surface area contributed by atoms with Crippen LogP contribution < -0.4 is 15.3 Å². The summed E-state index contributed by atoms with van der Waals surface area (Å²) in [5.74, 6) is -4.74. The fraction of sp³-hybridized carbons (Fsp3) is 0.600. The second-order valence-electron chi connectivity index (χ2n) is 4.32. The number of Topliss-reactive ketones (excluding diaryl/α,β-unsaturated/α-hetero) is 3. The Morgan fingerprint density at radius 1 is 0.520 bits per heavy atom. The van der Waals surface area contributed by atoms with Crippen LogP contribution in [0.5, 0.6) is 0 Å². The van der Waals surface area contributed by atoms with Crippen LogP contribution in [0.2, 0.25) is 0 Å². The van der Waals surface area contributed by atoms with Crippen molar-refractivity contribution in [2.75, 3.05) is 0 Å². The summed E-state index contributed by atoms with van der Waals surface area (Å²) < 4.78 is 0. The molecule has 0 N–H and O–H groups in total. The average molecular weight is 372 g/mol. The Balaban J connectivity index is -0.000000130. The van der Waals surface area contributed by atoms with Gasteiger partial charge < -0.3 is 29.7 Å². The zero-order valence-electron chi connectivity index (χ0n) is 14.5. The van der Waals surface area contributed by atoms with Gasteiger partial charge >= 0.3 is 17.4 Å². The number of carboxylic acid groups (broad SMARTS) is 3. The van der Waals surface area contributed by atoms with Crippen molar-refractivity contribution >= 4 is 52.6 Å². The zero-order chi connectivity index (χ0) is 19.7. The summed E-state index contributed by atoms with van der Waals surface area (Å²) in [4.78, 5) is 59.5. The molecule has 0 unspecified atom stereocenters. The van der Waals surface area contributed by atoms with Crippen LogP contribution >= 0.6 is 0 Å². The molecule has 0 heterocycles. The van der Waals surface area contributed by atoms with Crippen LogP contribution in [-0.4, -0.2) is 52.6 Å². The quantitative estimate of drug-likeness (QED) is 0.301. The van der Waals surface area contributed by atoms with E-state index in [-0.39, 0.29) is 54.0 Å². The van der Waals surface area contributed by atoms with Crippen molar-refractivity contribution in [1.29, 1.82) is 0 Å². The van der Waals surface area contributed by atoms with Crippen LogP contribution in [0.4, 0.5) is 0 Å². The molecule has 25 heavy (non-hydrogen) atoms. The van der Waals surface area contributed by atoms with E-state index >= 15 is 0 Å². The first-order valence-corrected chi connectivity index (χ1v) is 7.14. The third-order valence-corrected chi connectivity index (χ3v) is 2.21. The predicted octanol–water partition coefficient (Wildman–Crippen LogP) is -3.06. The van der Waals surface area contributed by atoms with E-state index in [1.54, 1.807) is 20.8 Å². The number of rotatable bonds is 9. The maximum Gasteiger partial charge on any atom is 3.00 e. The summed E-state index contributed by atoms with van der Waals surface area (Å²) in [5, 5.41) is 28.9. The Morgan fingerprint density at radius 2 is 0.680 bits per heavy atom. The van der Waals surface area contributed by atoms with E-state index in [0.717, 1.165) is 0 Å². The minimum absolute atomic E-state index is 0. The third kappa shape index (κ3) is 34.3. The molecule has 0 saturated heterocycles. The van der Waals surface area contributed by atoms with Gasteiger partial charge in [0, 0.05) is 56.4 Å². The third-order valence-electron chi connectivity index (χ3n) is 2.21. The molecule has 0 aromatic rings. The van der Waals surface area contributed by atoms with Gasteiger partial charge in [-0.3, -0.25) is 14.4 Å². The van der Waals surface area contributed by atoms with Crippen molar-refractivity contribution in [2.45, 2.75) is 59.3 Å². The van der Waals surface area contributed by atoms with E-state index in [1.165, 1.54) is 0 Å². The topological polar surface area (TPSA) is 172 Å². The van der Waals surface area contributed by atoms with Crippen LogP contribution in [0.15, 0.2) is 0 Å². The van der Waals surface area contributed by atoms with Crippen LogP contribution in [0.1, 0.15) is 59.3 Å². The van der Waals surface area contributed by atoms with Gasteiger partial charge in [-0.15, -0.1) is 0 Å². The number of ketones is 3. The molecule has 9 nitrogen and oxygen atoms in total. The molecule has 10 heteroatoms. The second-order valence-corrected chi connectivity index (χ2v) is 4.32. The van der Waals surface area contributed by atoms with Crippen molar-refractivity contribution < 1.29 is 44.1 Å². The molecule has 0 aromatic carbocycles. The summed E-state index contributed by atoms with van der Waals surface area (Å²) in [6, 6.07) is 0. The number of carbonyl (C=O) groups excluding carboxylic acids is 6. The Hall–Kier alpha value is -2.05. The van der Waals surface area contributed by atoms with Crippen molar-refractivity contribution in [3.05, 3.63) is 0 Å². The summed E-state index contributed by atoms with van der Waals surface area (Å²) in [6.45, 7) is 4.85. The average Bonchev–Trinajstić information content (AvgIpc) is 2.46. The first-order chi connectivity index (χ1) is 11.0. The smallest absolute Gasteiger partial charge is 0.550 e. The van der Waals surface area contributed by atoms with E-state index in [4.69, 9.17) is 0 Å². The van der Waals surface area contributed by atoms with Crippen molar-refractivity contribution in [3.63, 3.8) is 0 Å². The molecule has 138 valence electrons. The van der Waals surface area contributed by atoms with Gasteiger partial charge in [-0.05, 0) is 0 Å². The summed E-state index contributed by atoms with van der Waals surface area (Å²) >= 11 is 0. The van der Waals surface area contributed by atoms with Gasteiger partial charge in [0.2, 0.25) is 0 Å². The minimum atomic E-state index is -1.29. The SMILES string of the molecule is CCC(=O)CC(=O)[O-].CCC(=O)CC(=O)[O-].CCC(=O)CC(=O)[O-].[Al+3]. The second kappa shape index (κ2) is 20.0. The number of hydrogen-bond acceptors (Lipinski definition) is 9. The minimum Gasteiger partial charge on any atom is -0.550 e. The number of carboxylic acids is 3. The van der Waals surface area contributed by atoms with Crippen LogP contribution in [0, 0.1) is 0 Å². The standard InChI is InChI=1S/3C5H8O3.Al/c3*1-2-4(6)3-5(7)8;/h3*2-3H2,1H3,(H,7,8);/q;;;+3/p-3. The van der Waals surface area contributed by atoms with Gasteiger partial charge in [0.05, 0.1) is 0 Å². The van der Waals surface area contributed by atoms with Crippen molar-refractivity contribution in [3.8, 4) is 0 Å². The molecule has 0 fully saturated rings. The maximum atomic E-state index is 10.2. The molecule has 0 saturated carbocycles. The van der Waals surface area contributed by atoms with Crippen LogP contribution in [0.25, 0.3) is 0 Å². The number of hydrogen-bond donors (Lipinski definition) is 0. The molecule has 0 aliphatic carbocycles. The Morgan fingerprint density at radius 3 is 0.720 bits per heavy atom. The summed E-state index contributed by atoms with van der Waals surface area (Å²) in [5.41, 5.74) is 0.